The molecule has 0 atom stereocenters. The molecule has 0 spiro atoms. The lowest BCUT2D eigenvalue weighted by molar-refractivity contribution is 0.126. The molecular formula is C66H64N8O2. The molecule has 76 heavy (non-hydrogen) atoms. The Bertz CT molecular complexity index is 3150. The third kappa shape index (κ3) is 15.4. The Hall–Kier alpha value is -8.32. The van der Waals surface area contributed by atoms with Gasteiger partial charge in [0.2, 0.25) is 0 Å². The fraction of sp³-hybridized carbons (Fsp3) is 0.273. The van der Waals surface area contributed by atoms with Gasteiger partial charge in [-0.15, -0.1) is 0 Å². The third-order valence-electron chi connectivity index (χ3n) is 14.2. The summed E-state index contributed by atoms with van der Waals surface area (Å²) in [6, 6.07) is 52.4. The number of pyridine rings is 4. The second kappa shape index (κ2) is 27.8. The van der Waals surface area contributed by atoms with E-state index in [0.717, 1.165) is 109 Å². The van der Waals surface area contributed by atoms with Gasteiger partial charge in [-0.3, -0.25) is 29.4 Å². The van der Waals surface area contributed by atoms with Crippen LogP contribution in [0.4, 0.5) is 0 Å². The summed E-state index contributed by atoms with van der Waals surface area (Å²) >= 11 is 0. The first-order valence-corrected chi connectivity index (χ1v) is 26.5. The van der Waals surface area contributed by atoms with E-state index in [1.807, 2.05) is 155 Å². The SMILES string of the molecule is O=c1ccc2ccncc2n1CCN1CCC(N(CC#Cc2ccccc2)CC#Cc2ccccc2)CC1.O=c1ccc2ccncc2n1CCN1CCC(N(CC#Cc2ccccc2)CC#Cc2ccccc2)CC1. The zero-order valence-electron chi connectivity index (χ0n) is 43.2. The normalized spacial score (nSPS) is 14.0. The molecule has 0 aliphatic carbocycles. The molecule has 10 nitrogen and oxygen atoms in total. The van der Waals surface area contributed by atoms with Gasteiger partial charge in [-0.05, 0) is 125 Å². The average molecular weight is 1000 g/mol. The van der Waals surface area contributed by atoms with E-state index < -0.39 is 0 Å². The minimum Gasteiger partial charge on any atom is -0.305 e. The Morgan fingerprint density at radius 3 is 1.03 bits per heavy atom. The van der Waals surface area contributed by atoms with E-state index in [2.05, 4.69) is 76.9 Å². The van der Waals surface area contributed by atoms with E-state index in [1.54, 1.807) is 36.9 Å². The van der Waals surface area contributed by atoms with Gasteiger partial charge in [0.05, 0.1) is 49.6 Å². The quantitative estimate of drug-likeness (QED) is 0.113. The van der Waals surface area contributed by atoms with Gasteiger partial charge in [0.15, 0.2) is 0 Å². The average Bonchev–Trinajstić information content (AvgIpc) is 3.48. The van der Waals surface area contributed by atoms with Crippen molar-refractivity contribution in [1.29, 1.82) is 0 Å². The van der Waals surface area contributed by atoms with Gasteiger partial charge in [-0.2, -0.15) is 0 Å². The number of hydrogen-bond donors (Lipinski definition) is 0. The third-order valence-corrected chi connectivity index (χ3v) is 14.2. The number of likely N-dealkylation sites (tertiary alicyclic amines) is 2. The molecule has 6 heterocycles. The molecule has 380 valence electrons. The van der Waals surface area contributed by atoms with Crippen LogP contribution in [0.15, 0.2) is 192 Å². The minimum absolute atomic E-state index is 0.0283. The minimum atomic E-state index is 0.0283. The molecule has 4 aromatic heterocycles. The number of benzene rings is 4. The van der Waals surface area contributed by atoms with Crippen LogP contribution >= 0.6 is 0 Å². The first-order chi connectivity index (χ1) is 37.5. The summed E-state index contributed by atoms with van der Waals surface area (Å²) in [5, 5.41) is 2.09. The van der Waals surface area contributed by atoms with Crippen LogP contribution in [0.1, 0.15) is 47.9 Å². The molecular weight excluding hydrogens is 937 g/mol. The predicted molar refractivity (Wildman–Crippen MR) is 307 cm³/mol. The molecule has 2 fully saturated rings. The maximum absolute atomic E-state index is 12.5. The van der Waals surface area contributed by atoms with Crippen molar-refractivity contribution in [2.24, 2.45) is 0 Å². The Morgan fingerprint density at radius 2 is 0.711 bits per heavy atom. The number of aromatic nitrogens is 4. The van der Waals surface area contributed by atoms with Crippen LogP contribution in [0.2, 0.25) is 0 Å². The molecule has 2 saturated heterocycles. The Kier molecular flexibility index (Phi) is 19.2. The fourth-order valence-corrected chi connectivity index (χ4v) is 9.91. The molecule has 0 saturated carbocycles. The summed E-state index contributed by atoms with van der Waals surface area (Å²) in [5.74, 6) is 26.7. The fourth-order valence-electron chi connectivity index (χ4n) is 9.91. The first kappa shape index (κ1) is 52.5. The maximum atomic E-state index is 12.5. The van der Waals surface area contributed by atoms with Gasteiger partial charge < -0.3 is 18.9 Å². The molecule has 2 aliphatic rings. The van der Waals surface area contributed by atoms with Crippen molar-refractivity contribution in [3.05, 3.63) is 225 Å². The molecule has 0 N–H and O–H groups in total. The highest BCUT2D eigenvalue weighted by Crippen LogP contribution is 2.19. The summed E-state index contributed by atoms with van der Waals surface area (Å²) in [7, 11) is 0. The lowest BCUT2D eigenvalue weighted by atomic mass is 10.0. The van der Waals surface area contributed by atoms with Gasteiger partial charge in [-0.25, -0.2) is 0 Å². The highest BCUT2D eigenvalue weighted by molar-refractivity contribution is 5.78. The van der Waals surface area contributed by atoms with E-state index >= 15 is 0 Å². The summed E-state index contributed by atoms with van der Waals surface area (Å²) in [6.45, 7) is 9.81. The van der Waals surface area contributed by atoms with Crippen LogP contribution in [0.25, 0.3) is 21.8 Å². The van der Waals surface area contributed by atoms with Gasteiger partial charge in [-0.1, -0.05) is 120 Å². The lowest BCUT2D eigenvalue weighted by Crippen LogP contribution is -2.46. The molecule has 8 aromatic rings. The first-order valence-electron chi connectivity index (χ1n) is 26.5. The van der Waals surface area contributed by atoms with Gasteiger partial charge in [0, 0.05) is 95.8 Å². The largest absolute Gasteiger partial charge is 0.305 e. The molecule has 4 aromatic carbocycles. The molecule has 0 amide bonds. The van der Waals surface area contributed by atoms with Crippen LogP contribution in [0.3, 0.4) is 0 Å². The van der Waals surface area contributed by atoms with E-state index in [-0.39, 0.29) is 11.1 Å². The Labute approximate surface area is 447 Å². The zero-order valence-corrected chi connectivity index (χ0v) is 43.2. The van der Waals surface area contributed by atoms with Crippen LogP contribution in [-0.4, -0.2) is 116 Å². The van der Waals surface area contributed by atoms with Gasteiger partial charge in [0.25, 0.3) is 11.1 Å². The number of hydrogen-bond acceptors (Lipinski definition) is 8. The topological polar surface area (TPSA) is 82.7 Å². The van der Waals surface area contributed by atoms with E-state index in [1.165, 1.54) is 0 Å². The molecule has 10 rings (SSSR count). The zero-order chi connectivity index (χ0) is 52.0. The highest BCUT2D eigenvalue weighted by atomic mass is 16.1. The van der Waals surface area contributed by atoms with Crippen LogP contribution in [0.5, 0.6) is 0 Å². The van der Waals surface area contributed by atoms with Gasteiger partial charge >= 0.3 is 0 Å². The molecule has 2 aliphatic heterocycles. The van der Waals surface area contributed by atoms with Crippen LogP contribution < -0.4 is 11.1 Å². The summed E-state index contributed by atoms with van der Waals surface area (Å²) < 4.78 is 3.69. The summed E-state index contributed by atoms with van der Waals surface area (Å²) in [6.07, 6.45) is 11.3. The van der Waals surface area contributed by atoms with Crippen LogP contribution in [-0.2, 0) is 13.1 Å². The standard InChI is InChI=1S/2C33H32N4O/c2*38-33-16-15-30-17-20-34-27-32(30)37(33)26-25-35-23-18-31(19-24-35)36(21-7-13-28-9-3-1-4-10-28)22-8-14-29-11-5-2-6-12-29/h2*1-6,9-12,15-17,20,27,31H,18-19,21-26H2. The second-order valence-electron chi connectivity index (χ2n) is 19.1. The van der Waals surface area contributed by atoms with Crippen LogP contribution in [0, 0.1) is 47.4 Å². The lowest BCUT2D eigenvalue weighted by Gasteiger charge is -2.37. The van der Waals surface area contributed by atoms with E-state index in [9.17, 15) is 9.59 Å². The van der Waals surface area contributed by atoms with Gasteiger partial charge in [0.1, 0.15) is 0 Å². The smallest absolute Gasteiger partial charge is 0.251 e. The molecule has 0 unspecified atom stereocenters. The number of nitrogens with zero attached hydrogens (tertiary/aromatic N) is 8. The van der Waals surface area contributed by atoms with Crippen molar-refractivity contribution >= 4 is 21.8 Å². The monoisotopic (exact) mass is 1000 g/mol. The second-order valence-corrected chi connectivity index (χ2v) is 19.1. The van der Waals surface area contributed by atoms with Crippen molar-refractivity contribution in [3.63, 3.8) is 0 Å². The van der Waals surface area contributed by atoms with E-state index in [4.69, 9.17) is 0 Å². The highest BCUT2D eigenvalue weighted by Gasteiger charge is 2.25. The molecule has 0 bridgehead atoms. The van der Waals surface area contributed by atoms with Crippen molar-refractivity contribution in [1.82, 2.24) is 38.7 Å². The van der Waals surface area contributed by atoms with Crippen molar-refractivity contribution < 1.29 is 0 Å². The number of piperidine rings is 2. The predicted octanol–water partition coefficient (Wildman–Crippen LogP) is 8.53. The number of fused-ring (bicyclic) bond motifs is 2. The Balaban J connectivity index is 0.000000186. The maximum Gasteiger partial charge on any atom is 0.251 e. The summed E-state index contributed by atoms with van der Waals surface area (Å²) in [5.41, 5.74) is 6.01. The van der Waals surface area contributed by atoms with Crippen molar-refractivity contribution in [3.8, 4) is 47.4 Å². The molecule has 0 radical (unpaired) electrons. The van der Waals surface area contributed by atoms with Crippen molar-refractivity contribution in [2.75, 3.05) is 65.4 Å². The molecule has 10 heteroatoms. The summed E-state index contributed by atoms with van der Waals surface area (Å²) in [4.78, 5) is 43.3. The number of rotatable bonds is 12. The van der Waals surface area contributed by atoms with E-state index in [0.29, 0.717) is 51.4 Å². The van der Waals surface area contributed by atoms with Crippen molar-refractivity contribution in [2.45, 2.75) is 50.9 Å². The Morgan fingerprint density at radius 1 is 0.395 bits per heavy atom.